The first-order valence-corrected chi connectivity index (χ1v) is 11.0. The summed E-state index contributed by atoms with van der Waals surface area (Å²) in [6.07, 6.45) is 14.7. The smallest absolute Gasteiger partial charge is 0.157 e. The molecule has 4 atom stereocenters. The second-order valence-electron chi connectivity index (χ2n) is 9.46. The Labute approximate surface area is 169 Å². The summed E-state index contributed by atoms with van der Waals surface area (Å²) < 4.78 is 5.61. The highest BCUT2D eigenvalue weighted by molar-refractivity contribution is 5.98. The molecule has 1 fully saturated rings. The number of Topliss-reactive ketones (excluding diaryl/α,β-unsaturated/α-hetero) is 1. The van der Waals surface area contributed by atoms with Crippen molar-refractivity contribution in [3.05, 3.63) is 46.6 Å². The molecule has 0 radical (unpaired) electrons. The van der Waals surface area contributed by atoms with Gasteiger partial charge in [0.25, 0.3) is 0 Å². The maximum Gasteiger partial charge on any atom is 0.157 e. The molecule has 0 saturated heterocycles. The van der Waals surface area contributed by atoms with E-state index in [0.717, 1.165) is 44.1 Å². The molecular weight excluding hydrogens is 348 g/mol. The summed E-state index contributed by atoms with van der Waals surface area (Å²) in [6.45, 7) is 9.27. The third kappa shape index (κ3) is 2.74. The highest BCUT2D eigenvalue weighted by Crippen LogP contribution is 2.62. The van der Waals surface area contributed by atoms with E-state index in [1.54, 1.807) is 6.92 Å². The van der Waals surface area contributed by atoms with Crippen LogP contribution in [0.1, 0.15) is 66.2 Å². The molecule has 4 aliphatic carbocycles. The Kier molecular flexibility index (Phi) is 4.83. The van der Waals surface area contributed by atoms with Gasteiger partial charge in [-0.05, 0) is 87.3 Å². The molecule has 1 saturated carbocycles. The number of ether oxygens (including phenoxy) is 1. The van der Waals surface area contributed by atoms with Crippen molar-refractivity contribution in [1.29, 1.82) is 0 Å². The Morgan fingerprint density at radius 3 is 2.75 bits per heavy atom. The molecule has 1 N–H and O–H groups in total. The van der Waals surface area contributed by atoms with Crippen molar-refractivity contribution in [3.63, 3.8) is 0 Å². The lowest BCUT2D eigenvalue weighted by Gasteiger charge is -2.55. The molecule has 152 valence electrons. The van der Waals surface area contributed by atoms with Gasteiger partial charge in [-0.15, -0.1) is 0 Å². The number of allylic oxidation sites excluding steroid dienone is 8. The summed E-state index contributed by atoms with van der Waals surface area (Å²) in [7, 11) is 0. The Morgan fingerprint density at radius 1 is 1.29 bits per heavy atom. The average Bonchev–Trinajstić information content (AvgIpc) is 3.03. The minimum Gasteiger partial charge on any atom is -0.387 e. The number of hydrogen-bond donors (Lipinski definition) is 1. The zero-order chi connectivity index (χ0) is 20.2. The van der Waals surface area contributed by atoms with Crippen LogP contribution in [-0.4, -0.2) is 29.7 Å². The fourth-order valence-electron chi connectivity index (χ4n) is 6.51. The average molecular weight is 383 g/mol. The van der Waals surface area contributed by atoms with Gasteiger partial charge in [-0.3, -0.25) is 4.79 Å². The second kappa shape index (κ2) is 6.81. The first kappa shape index (κ1) is 19.8. The van der Waals surface area contributed by atoms with Crippen LogP contribution in [0.2, 0.25) is 0 Å². The van der Waals surface area contributed by atoms with E-state index >= 15 is 0 Å². The van der Waals surface area contributed by atoms with Gasteiger partial charge in [0, 0.05) is 17.6 Å². The Balaban J connectivity index is 1.68. The molecule has 0 aliphatic heterocycles. The first-order chi connectivity index (χ1) is 13.3. The predicted octanol–water partition coefficient (Wildman–Crippen LogP) is 5.07. The topological polar surface area (TPSA) is 46.5 Å². The quantitative estimate of drug-likeness (QED) is 0.722. The number of carbonyl (C=O) groups is 1. The van der Waals surface area contributed by atoms with Gasteiger partial charge in [0.1, 0.15) is 0 Å². The molecule has 3 nitrogen and oxygen atoms in total. The van der Waals surface area contributed by atoms with Gasteiger partial charge >= 0.3 is 0 Å². The van der Waals surface area contributed by atoms with Gasteiger partial charge < -0.3 is 9.84 Å². The van der Waals surface area contributed by atoms with E-state index in [1.165, 1.54) is 16.7 Å². The standard InChI is InChI=1S/C25H34O3/c1-5-25-14-13-24(27,16-28-6-2)15-18(25)7-8-19-21-10-9-20(17(3)26)23(21,4)12-11-22(19)25/h9-12,18,27H,5-8,13-16H2,1-4H3/t18-,23-,24-,25+/m1/s1. The van der Waals surface area contributed by atoms with Crippen molar-refractivity contribution in [2.24, 2.45) is 16.7 Å². The van der Waals surface area contributed by atoms with Crippen molar-refractivity contribution < 1.29 is 14.6 Å². The molecule has 0 aromatic heterocycles. The highest BCUT2D eigenvalue weighted by atomic mass is 16.5. The molecule has 3 heteroatoms. The highest BCUT2D eigenvalue weighted by Gasteiger charge is 2.53. The normalized spacial score (nSPS) is 39.1. The minimum atomic E-state index is -0.680. The van der Waals surface area contributed by atoms with E-state index in [4.69, 9.17) is 4.74 Å². The molecule has 0 bridgehead atoms. The van der Waals surface area contributed by atoms with E-state index in [9.17, 15) is 9.90 Å². The van der Waals surface area contributed by atoms with Gasteiger partial charge in [-0.1, -0.05) is 31.2 Å². The van der Waals surface area contributed by atoms with Crippen LogP contribution >= 0.6 is 0 Å². The van der Waals surface area contributed by atoms with Crippen LogP contribution in [-0.2, 0) is 9.53 Å². The predicted molar refractivity (Wildman–Crippen MR) is 112 cm³/mol. The largest absolute Gasteiger partial charge is 0.387 e. The van der Waals surface area contributed by atoms with Crippen LogP contribution in [0.15, 0.2) is 46.6 Å². The molecule has 0 aromatic rings. The second-order valence-corrected chi connectivity index (χ2v) is 9.46. The molecule has 0 amide bonds. The summed E-state index contributed by atoms with van der Waals surface area (Å²) in [5, 5.41) is 11.1. The lowest BCUT2D eigenvalue weighted by Crippen LogP contribution is -2.50. The third-order valence-corrected chi connectivity index (χ3v) is 8.08. The van der Waals surface area contributed by atoms with E-state index in [1.807, 2.05) is 13.0 Å². The van der Waals surface area contributed by atoms with Crippen molar-refractivity contribution >= 4 is 5.78 Å². The van der Waals surface area contributed by atoms with E-state index in [-0.39, 0.29) is 16.6 Å². The van der Waals surface area contributed by atoms with Gasteiger partial charge in [-0.2, -0.15) is 0 Å². The molecule has 4 aliphatic rings. The monoisotopic (exact) mass is 382 g/mol. The number of hydrogen-bond acceptors (Lipinski definition) is 3. The van der Waals surface area contributed by atoms with Gasteiger partial charge in [0.05, 0.1) is 12.2 Å². The fourth-order valence-corrected chi connectivity index (χ4v) is 6.51. The minimum absolute atomic E-state index is 0.143. The summed E-state index contributed by atoms with van der Waals surface area (Å²) >= 11 is 0. The number of ketones is 1. The number of aliphatic hydroxyl groups is 1. The third-order valence-electron chi connectivity index (χ3n) is 8.08. The van der Waals surface area contributed by atoms with Crippen molar-refractivity contribution in [2.75, 3.05) is 13.2 Å². The number of fused-ring (bicyclic) bond motifs is 4. The van der Waals surface area contributed by atoms with Crippen LogP contribution in [0.4, 0.5) is 0 Å². The maximum atomic E-state index is 12.2. The van der Waals surface area contributed by atoms with Gasteiger partial charge in [-0.25, -0.2) is 0 Å². The van der Waals surface area contributed by atoms with Gasteiger partial charge in [0.2, 0.25) is 0 Å². The summed E-state index contributed by atoms with van der Waals surface area (Å²) in [4.78, 5) is 12.2. The van der Waals surface area contributed by atoms with E-state index < -0.39 is 5.60 Å². The zero-order valence-corrected chi connectivity index (χ0v) is 17.8. The molecular formula is C25H34O3. The van der Waals surface area contributed by atoms with Crippen LogP contribution < -0.4 is 0 Å². The number of carbonyl (C=O) groups excluding carboxylic acids is 1. The summed E-state index contributed by atoms with van der Waals surface area (Å²) in [5.74, 6) is 0.659. The zero-order valence-electron chi connectivity index (χ0n) is 17.8. The first-order valence-electron chi connectivity index (χ1n) is 11.0. The van der Waals surface area contributed by atoms with Crippen molar-refractivity contribution in [1.82, 2.24) is 0 Å². The Morgan fingerprint density at radius 2 is 2.07 bits per heavy atom. The summed E-state index contributed by atoms with van der Waals surface area (Å²) in [5.41, 5.74) is 4.38. The summed E-state index contributed by atoms with van der Waals surface area (Å²) in [6, 6.07) is 0. The maximum absolute atomic E-state index is 12.2. The van der Waals surface area contributed by atoms with Crippen LogP contribution in [0.5, 0.6) is 0 Å². The van der Waals surface area contributed by atoms with Crippen molar-refractivity contribution in [3.8, 4) is 0 Å². The van der Waals surface area contributed by atoms with Crippen molar-refractivity contribution in [2.45, 2.75) is 71.8 Å². The SMILES string of the molecule is CCOC[C@@]1(O)CC[C@]2(CC)C3=C(CC[C@@H]2C1)C1=CC=C(C(C)=O)[C@@]1(C)C=C3. The molecule has 0 heterocycles. The van der Waals surface area contributed by atoms with Crippen LogP contribution in [0.3, 0.4) is 0 Å². The Bertz CT molecular complexity index is 814. The molecule has 28 heavy (non-hydrogen) atoms. The lowest BCUT2D eigenvalue weighted by atomic mass is 9.51. The molecule has 0 aromatic carbocycles. The number of rotatable bonds is 5. The van der Waals surface area contributed by atoms with Crippen LogP contribution in [0.25, 0.3) is 0 Å². The molecule has 0 spiro atoms. The fraction of sp³-hybridized carbons (Fsp3) is 0.640. The van der Waals surface area contributed by atoms with Crippen LogP contribution in [0, 0.1) is 16.7 Å². The van der Waals surface area contributed by atoms with E-state index in [0.29, 0.717) is 19.1 Å². The van der Waals surface area contributed by atoms with E-state index in [2.05, 4.69) is 32.1 Å². The molecule has 0 unspecified atom stereocenters. The lowest BCUT2D eigenvalue weighted by molar-refractivity contribution is -0.114. The molecule has 4 rings (SSSR count). The van der Waals surface area contributed by atoms with Gasteiger partial charge in [0.15, 0.2) is 5.78 Å². The Hall–Kier alpha value is -1.45.